The third kappa shape index (κ3) is 5.45. The number of anilines is 1. The highest BCUT2D eigenvalue weighted by Gasteiger charge is 2.38. The molecule has 1 amide bonds. The first-order valence-electron chi connectivity index (χ1n) is 10.6. The van der Waals surface area contributed by atoms with Crippen LogP contribution in [-0.2, 0) is 25.7 Å². The van der Waals surface area contributed by atoms with Crippen molar-refractivity contribution in [2.75, 3.05) is 32.6 Å². The number of likely N-dealkylation sites (N-methyl/N-ethyl adjacent to an activating group) is 1. The van der Waals surface area contributed by atoms with E-state index in [2.05, 4.69) is 26.1 Å². The van der Waals surface area contributed by atoms with E-state index in [0.717, 1.165) is 12.0 Å². The molecule has 0 atom stereocenters. The molecule has 0 bridgehead atoms. The molecule has 1 saturated heterocycles. The Balaban J connectivity index is 1.45. The van der Waals surface area contributed by atoms with E-state index in [0.29, 0.717) is 36.3 Å². The Bertz CT molecular complexity index is 1040. The number of amidine groups is 1. The molecule has 3 heterocycles. The normalized spacial score (nSPS) is 18.2. The maximum Gasteiger partial charge on any atom is 0.285 e. The van der Waals surface area contributed by atoms with Crippen molar-refractivity contribution < 1.29 is 19.1 Å². The largest absolute Gasteiger partial charge is 0.389 e. The summed E-state index contributed by atoms with van der Waals surface area (Å²) in [5.74, 6) is -0.746. The third-order valence-corrected chi connectivity index (χ3v) is 4.99. The topological polar surface area (TPSA) is 113 Å². The van der Waals surface area contributed by atoms with Gasteiger partial charge < -0.3 is 19.6 Å². The summed E-state index contributed by atoms with van der Waals surface area (Å²) >= 11 is 0. The highest BCUT2D eigenvalue weighted by molar-refractivity contribution is 6.47. The summed E-state index contributed by atoms with van der Waals surface area (Å²) in [6.45, 7) is 2.64. The Morgan fingerprint density at radius 2 is 1.94 bits per heavy atom. The van der Waals surface area contributed by atoms with Crippen LogP contribution < -0.4 is 10.9 Å². The van der Waals surface area contributed by atoms with Gasteiger partial charge in [-0.2, -0.15) is 0 Å². The number of amides is 1. The summed E-state index contributed by atoms with van der Waals surface area (Å²) in [6.07, 6.45) is 0.758. The molecule has 0 aliphatic carbocycles. The van der Waals surface area contributed by atoms with Crippen LogP contribution >= 0.6 is 0 Å². The first-order valence-corrected chi connectivity index (χ1v) is 10.6. The Morgan fingerprint density at radius 3 is 2.64 bits per heavy atom. The lowest BCUT2D eigenvalue weighted by Crippen LogP contribution is -2.48. The van der Waals surface area contributed by atoms with Crippen molar-refractivity contribution >= 4 is 23.3 Å². The zero-order valence-electron chi connectivity index (χ0n) is 18.8. The van der Waals surface area contributed by atoms with Gasteiger partial charge in [0.15, 0.2) is 18.2 Å². The fourth-order valence-corrected chi connectivity index (χ4v) is 3.31. The molecular formula is C22H27N7O4. The van der Waals surface area contributed by atoms with Gasteiger partial charge in [-0.25, -0.2) is 10.1 Å². The molecule has 11 nitrogen and oxygen atoms in total. The van der Waals surface area contributed by atoms with Gasteiger partial charge in [0.05, 0.1) is 18.9 Å². The molecule has 4 rings (SSSR count). The van der Waals surface area contributed by atoms with E-state index in [-0.39, 0.29) is 6.61 Å². The van der Waals surface area contributed by atoms with Crippen molar-refractivity contribution in [2.45, 2.75) is 25.7 Å². The maximum atomic E-state index is 12.6. The number of hydrazone groups is 1. The van der Waals surface area contributed by atoms with E-state index in [9.17, 15) is 4.79 Å². The Morgan fingerprint density at radius 1 is 1.18 bits per heavy atom. The summed E-state index contributed by atoms with van der Waals surface area (Å²) in [7, 11) is 3.63. The number of hydrazine groups is 2. The fourth-order valence-electron chi connectivity index (χ4n) is 3.31. The van der Waals surface area contributed by atoms with Crippen LogP contribution in [0.25, 0.3) is 0 Å². The van der Waals surface area contributed by atoms with Gasteiger partial charge in [-0.1, -0.05) is 41.6 Å². The zero-order chi connectivity index (χ0) is 23.3. The van der Waals surface area contributed by atoms with E-state index < -0.39 is 11.7 Å². The summed E-state index contributed by atoms with van der Waals surface area (Å²) < 4.78 is 11.0. The SMILES string of the molecule is CN1N=C(/C(=N\OCc2cccc(NC(=O)C3(C)OCCCO3)n2)c2ccccc2)N(C)N1. The molecule has 33 heavy (non-hydrogen) atoms. The first kappa shape index (κ1) is 22.6. The minimum absolute atomic E-state index is 0.102. The van der Waals surface area contributed by atoms with Crippen LogP contribution in [0, 0.1) is 0 Å². The van der Waals surface area contributed by atoms with Crippen molar-refractivity contribution in [3.63, 3.8) is 0 Å². The van der Waals surface area contributed by atoms with Gasteiger partial charge in [-0.15, -0.1) is 10.6 Å². The van der Waals surface area contributed by atoms with Crippen molar-refractivity contribution in [1.82, 2.24) is 20.6 Å². The lowest BCUT2D eigenvalue weighted by atomic mass is 10.1. The number of hydrogen-bond donors (Lipinski definition) is 2. The van der Waals surface area contributed by atoms with Crippen molar-refractivity contribution in [3.05, 3.63) is 59.8 Å². The van der Waals surface area contributed by atoms with E-state index in [1.165, 1.54) is 0 Å². The third-order valence-electron chi connectivity index (χ3n) is 4.99. The molecule has 174 valence electrons. The van der Waals surface area contributed by atoms with Crippen LogP contribution in [0.4, 0.5) is 5.82 Å². The second-order valence-electron chi connectivity index (χ2n) is 7.65. The number of benzene rings is 1. The second kappa shape index (κ2) is 9.94. The average molecular weight is 454 g/mol. The summed E-state index contributed by atoms with van der Waals surface area (Å²) in [5.41, 5.74) is 5.05. The molecule has 2 N–H and O–H groups in total. The number of carbonyl (C=O) groups excluding carboxylic acids is 1. The van der Waals surface area contributed by atoms with Crippen LogP contribution in [0.3, 0.4) is 0 Å². The van der Waals surface area contributed by atoms with E-state index in [4.69, 9.17) is 14.3 Å². The van der Waals surface area contributed by atoms with Crippen molar-refractivity contribution in [3.8, 4) is 0 Å². The number of pyridine rings is 1. The molecular weight excluding hydrogens is 426 g/mol. The summed E-state index contributed by atoms with van der Waals surface area (Å²) in [5, 5.41) is 14.9. The van der Waals surface area contributed by atoms with Crippen molar-refractivity contribution in [1.29, 1.82) is 0 Å². The molecule has 11 heteroatoms. The first-order chi connectivity index (χ1) is 15.9. The van der Waals surface area contributed by atoms with Gasteiger partial charge in [0.25, 0.3) is 5.91 Å². The van der Waals surface area contributed by atoms with Crippen LogP contribution in [0.1, 0.15) is 24.6 Å². The molecule has 0 saturated carbocycles. The number of nitrogens with one attached hydrogen (secondary N) is 2. The van der Waals surface area contributed by atoms with E-state index >= 15 is 0 Å². The number of aromatic nitrogens is 1. The number of rotatable bonds is 7. The van der Waals surface area contributed by atoms with Crippen LogP contribution in [0.5, 0.6) is 0 Å². The number of carbonyl (C=O) groups is 1. The average Bonchev–Trinajstić information content (AvgIpc) is 3.15. The fraction of sp³-hybridized carbons (Fsp3) is 0.364. The molecule has 2 aliphatic rings. The quantitative estimate of drug-likeness (QED) is 0.481. The molecule has 2 aliphatic heterocycles. The predicted molar refractivity (Wildman–Crippen MR) is 122 cm³/mol. The maximum absolute atomic E-state index is 12.6. The predicted octanol–water partition coefficient (Wildman–Crippen LogP) is 1.70. The Labute approximate surface area is 191 Å². The number of hydrogen-bond acceptors (Lipinski definition) is 10. The minimum atomic E-state index is -1.32. The highest BCUT2D eigenvalue weighted by Crippen LogP contribution is 2.20. The monoisotopic (exact) mass is 453 g/mol. The number of nitrogens with zero attached hydrogens (tertiary/aromatic N) is 5. The van der Waals surface area contributed by atoms with Crippen molar-refractivity contribution in [2.24, 2.45) is 10.3 Å². The smallest absolute Gasteiger partial charge is 0.285 e. The van der Waals surface area contributed by atoms with Gasteiger partial charge in [0.1, 0.15) is 5.82 Å². The highest BCUT2D eigenvalue weighted by atomic mass is 16.7. The lowest BCUT2D eigenvalue weighted by Gasteiger charge is -2.32. The van der Waals surface area contributed by atoms with Crippen LogP contribution in [-0.4, -0.2) is 65.7 Å². The van der Waals surface area contributed by atoms with Gasteiger partial charge in [0, 0.05) is 19.7 Å². The molecule has 1 fully saturated rings. The summed E-state index contributed by atoms with van der Waals surface area (Å²) in [6, 6.07) is 14.9. The molecule has 1 aromatic carbocycles. The zero-order valence-corrected chi connectivity index (χ0v) is 18.8. The Hall–Kier alpha value is -3.54. The second-order valence-corrected chi connectivity index (χ2v) is 7.65. The Kier molecular flexibility index (Phi) is 6.82. The van der Waals surface area contributed by atoms with Gasteiger partial charge >= 0.3 is 0 Å². The molecule has 0 unspecified atom stereocenters. The van der Waals surface area contributed by atoms with Crippen LogP contribution in [0.15, 0.2) is 58.8 Å². The minimum Gasteiger partial charge on any atom is -0.389 e. The van der Waals surface area contributed by atoms with E-state index in [1.807, 2.05) is 37.4 Å². The molecule has 0 spiro atoms. The number of ether oxygens (including phenoxy) is 2. The molecule has 1 aromatic heterocycles. The number of oxime groups is 1. The van der Waals surface area contributed by atoms with Gasteiger partial charge in [-0.05, 0) is 25.5 Å². The lowest BCUT2D eigenvalue weighted by molar-refractivity contribution is -0.241. The van der Waals surface area contributed by atoms with Gasteiger partial charge in [0.2, 0.25) is 5.79 Å². The summed E-state index contributed by atoms with van der Waals surface area (Å²) in [4.78, 5) is 22.7. The van der Waals surface area contributed by atoms with Gasteiger partial charge in [-0.3, -0.25) is 9.80 Å². The van der Waals surface area contributed by atoms with E-state index in [1.54, 1.807) is 42.3 Å². The van der Waals surface area contributed by atoms with Crippen LogP contribution in [0.2, 0.25) is 0 Å². The standard InChI is InChI=1S/C22H27N7O4/c1-22(31-13-8-14-32-22)21(30)24-18-12-7-11-17(23-18)15-33-26-19(16-9-5-4-6-10-16)20-25-29(3)27-28(20)2/h4-7,9-12,27H,8,13-15H2,1-3H3,(H,23,24,30)/b26-19-. The molecule has 0 radical (unpaired) electrons. The molecule has 2 aromatic rings.